The van der Waals surface area contributed by atoms with Crippen molar-refractivity contribution in [3.63, 3.8) is 0 Å². The second-order valence-corrected chi connectivity index (χ2v) is 8.29. The topological polar surface area (TPSA) is 118 Å². The highest BCUT2D eigenvalue weighted by Gasteiger charge is 2.15. The molecule has 2 aromatic heterocycles. The van der Waals surface area contributed by atoms with Crippen molar-refractivity contribution in [3.8, 4) is 23.1 Å². The van der Waals surface area contributed by atoms with Crippen molar-refractivity contribution in [1.82, 2.24) is 19.7 Å². The summed E-state index contributed by atoms with van der Waals surface area (Å²) in [5.41, 5.74) is 3.26. The molecule has 0 spiro atoms. The molecular weight excluding hydrogens is 466 g/mol. The first kappa shape index (κ1) is 23.7. The van der Waals surface area contributed by atoms with E-state index in [2.05, 4.69) is 25.7 Å². The maximum absolute atomic E-state index is 12.7. The molecule has 2 heterocycles. The van der Waals surface area contributed by atoms with Gasteiger partial charge in [-0.1, -0.05) is 17.7 Å². The monoisotopic (exact) mass is 487 g/mol. The molecule has 0 radical (unpaired) electrons. The van der Waals surface area contributed by atoms with Crippen LogP contribution in [-0.4, -0.2) is 32.8 Å². The van der Waals surface area contributed by atoms with Crippen LogP contribution < -0.4 is 15.4 Å². The largest absolute Gasteiger partial charge is 0.495 e. The first-order chi connectivity index (χ1) is 16.9. The van der Waals surface area contributed by atoms with Gasteiger partial charge in [0.15, 0.2) is 0 Å². The first-order valence-electron chi connectivity index (χ1n) is 10.7. The van der Waals surface area contributed by atoms with E-state index in [0.717, 1.165) is 5.56 Å². The number of nitrogens with one attached hydrogen (secondary N) is 2. The summed E-state index contributed by atoms with van der Waals surface area (Å²) in [6.45, 7) is 4.07. The predicted molar refractivity (Wildman–Crippen MR) is 134 cm³/mol. The van der Waals surface area contributed by atoms with Crippen molar-refractivity contribution in [1.29, 1.82) is 5.26 Å². The van der Waals surface area contributed by atoms with Gasteiger partial charge in [0.05, 0.1) is 47.5 Å². The molecule has 176 valence electrons. The number of halogens is 1. The Bertz CT molecular complexity index is 1430. The number of rotatable bonds is 7. The third-order valence-corrected chi connectivity index (χ3v) is 5.38. The van der Waals surface area contributed by atoms with Gasteiger partial charge >= 0.3 is 0 Å². The van der Waals surface area contributed by atoms with E-state index in [1.54, 1.807) is 48.7 Å². The van der Waals surface area contributed by atoms with E-state index < -0.39 is 0 Å². The van der Waals surface area contributed by atoms with E-state index in [9.17, 15) is 4.79 Å². The Morgan fingerprint density at radius 3 is 2.74 bits per heavy atom. The van der Waals surface area contributed by atoms with Gasteiger partial charge in [-0.05, 0) is 50.2 Å². The molecule has 4 rings (SSSR count). The average Bonchev–Trinajstić information content (AvgIpc) is 3.36. The summed E-state index contributed by atoms with van der Waals surface area (Å²) < 4.78 is 7.31. The highest BCUT2D eigenvalue weighted by atomic mass is 35.5. The zero-order chi connectivity index (χ0) is 24.9. The molecular formula is C25H22ClN7O2. The first-order valence-corrected chi connectivity index (χ1v) is 11.1. The van der Waals surface area contributed by atoms with E-state index in [0.29, 0.717) is 44.9 Å². The fourth-order valence-electron chi connectivity index (χ4n) is 3.30. The van der Waals surface area contributed by atoms with Crippen LogP contribution in [0.3, 0.4) is 0 Å². The van der Waals surface area contributed by atoms with Gasteiger partial charge in [-0.3, -0.25) is 9.48 Å². The molecule has 0 fully saturated rings. The molecule has 0 unspecified atom stereocenters. The Balaban J connectivity index is 1.56. The van der Waals surface area contributed by atoms with Crippen LogP contribution in [0.4, 0.5) is 17.3 Å². The van der Waals surface area contributed by atoms with Gasteiger partial charge in [0, 0.05) is 29.1 Å². The number of hydrogen-bond acceptors (Lipinski definition) is 7. The Labute approximate surface area is 207 Å². The van der Waals surface area contributed by atoms with Crippen LogP contribution in [-0.2, 0) is 0 Å². The number of carbonyl (C=O) groups is 1. The van der Waals surface area contributed by atoms with Gasteiger partial charge in [0.25, 0.3) is 5.91 Å². The number of aromatic nitrogens is 4. The molecule has 0 aliphatic heterocycles. The number of ether oxygens (including phenoxy) is 1. The van der Waals surface area contributed by atoms with Crippen LogP contribution in [0.5, 0.6) is 5.75 Å². The minimum atomic E-state index is -0.336. The van der Waals surface area contributed by atoms with Crippen LogP contribution in [0.1, 0.15) is 35.8 Å². The molecule has 4 aromatic rings. The minimum Gasteiger partial charge on any atom is -0.495 e. The smallest absolute Gasteiger partial charge is 0.255 e. The van der Waals surface area contributed by atoms with E-state index in [4.69, 9.17) is 21.6 Å². The van der Waals surface area contributed by atoms with Gasteiger partial charge in [-0.15, -0.1) is 0 Å². The quantitative estimate of drug-likeness (QED) is 0.355. The highest BCUT2D eigenvalue weighted by Crippen LogP contribution is 2.31. The van der Waals surface area contributed by atoms with Gasteiger partial charge in [-0.25, -0.2) is 9.97 Å². The van der Waals surface area contributed by atoms with Gasteiger partial charge < -0.3 is 15.4 Å². The molecule has 1 amide bonds. The lowest BCUT2D eigenvalue weighted by atomic mass is 10.1. The van der Waals surface area contributed by atoms with E-state index in [1.807, 2.05) is 30.8 Å². The number of nitriles is 1. The van der Waals surface area contributed by atoms with Crippen molar-refractivity contribution in [2.45, 2.75) is 19.9 Å². The Morgan fingerprint density at radius 2 is 2.03 bits per heavy atom. The lowest BCUT2D eigenvalue weighted by Gasteiger charge is -2.13. The molecule has 0 aliphatic carbocycles. The Morgan fingerprint density at radius 1 is 1.20 bits per heavy atom. The maximum Gasteiger partial charge on any atom is 0.255 e. The van der Waals surface area contributed by atoms with E-state index in [-0.39, 0.29) is 11.9 Å². The molecule has 10 heteroatoms. The standard InChI is InChI=1S/C25H22ClN7O2/c1-15(2)33-14-18(12-29-33)23-20(26)13-28-25(32-23)31-21-8-7-17(10-22(21)35-3)24(34)30-19-6-4-5-16(9-19)11-27/h4-10,12-15H,1-3H3,(H,30,34)(H,28,31,32). The number of hydrogen-bond donors (Lipinski definition) is 2. The minimum absolute atomic E-state index is 0.206. The van der Waals surface area contributed by atoms with Crippen molar-refractivity contribution < 1.29 is 9.53 Å². The molecule has 0 atom stereocenters. The summed E-state index contributed by atoms with van der Waals surface area (Å²) in [7, 11) is 1.51. The number of anilines is 3. The molecule has 2 aromatic carbocycles. The summed E-state index contributed by atoms with van der Waals surface area (Å²) in [5.74, 6) is 0.402. The van der Waals surface area contributed by atoms with Crippen LogP contribution in [0, 0.1) is 11.3 Å². The zero-order valence-corrected chi connectivity index (χ0v) is 20.0. The van der Waals surface area contributed by atoms with Crippen LogP contribution >= 0.6 is 11.6 Å². The molecule has 0 bridgehead atoms. The summed E-state index contributed by atoms with van der Waals surface area (Å²) in [6.07, 6.45) is 5.10. The summed E-state index contributed by atoms with van der Waals surface area (Å²) in [5, 5.41) is 19.7. The normalized spacial score (nSPS) is 10.6. The molecule has 35 heavy (non-hydrogen) atoms. The van der Waals surface area contributed by atoms with Crippen molar-refractivity contribution in [2.75, 3.05) is 17.7 Å². The number of amides is 1. The van der Waals surface area contributed by atoms with Crippen molar-refractivity contribution >= 4 is 34.8 Å². The summed E-state index contributed by atoms with van der Waals surface area (Å²) >= 11 is 6.35. The van der Waals surface area contributed by atoms with Crippen LogP contribution in [0.2, 0.25) is 5.02 Å². The van der Waals surface area contributed by atoms with Crippen molar-refractivity contribution in [3.05, 3.63) is 77.2 Å². The number of benzene rings is 2. The van der Waals surface area contributed by atoms with E-state index >= 15 is 0 Å². The SMILES string of the molecule is COc1cc(C(=O)Nc2cccc(C#N)c2)ccc1Nc1ncc(Cl)c(-c2cnn(C(C)C)c2)n1. The summed E-state index contributed by atoms with van der Waals surface area (Å²) in [6, 6.07) is 13.9. The second-order valence-electron chi connectivity index (χ2n) is 7.88. The highest BCUT2D eigenvalue weighted by molar-refractivity contribution is 6.32. The molecule has 9 nitrogen and oxygen atoms in total. The maximum atomic E-state index is 12.7. The Kier molecular flexibility index (Phi) is 6.94. The lowest BCUT2D eigenvalue weighted by Crippen LogP contribution is -2.12. The lowest BCUT2D eigenvalue weighted by molar-refractivity contribution is 0.102. The van der Waals surface area contributed by atoms with Crippen LogP contribution in [0.25, 0.3) is 11.3 Å². The molecule has 0 aliphatic rings. The third-order valence-electron chi connectivity index (χ3n) is 5.11. The van der Waals surface area contributed by atoms with Gasteiger partial charge in [-0.2, -0.15) is 10.4 Å². The number of carbonyl (C=O) groups excluding carboxylic acids is 1. The fraction of sp³-hybridized carbons (Fsp3) is 0.160. The number of methoxy groups -OCH3 is 1. The number of nitrogens with zero attached hydrogens (tertiary/aromatic N) is 5. The fourth-order valence-corrected chi connectivity index (χ4v) is 3.50. The van der Waals surface area contributed by atoms with Crippen LogP contribution in [0.15, 0.2) is 61.1 Å². The summed E-state index contributed by atoms with van der Waals surface area (Å²) in [4.78, 5) is 21.5. The average molecular weight is 488 g/mol. The second kappa shape index (κ2) is 10.2. The van der Waals surface area contributed by atoms with Gasteiger partial charge in [0.1, 0.15) is 5.75 Å². The zero-order valence-electron chi connectivity index (χ0n) is 19.3. The Hall–Kier alpha value is -4.42. The molecule has 0 saturated heterocycles. The van der Waals surface area contributed by atoms with Gasteiger partial charge in [0.2, 0.25) is 5.95 Å². The predicted octanol–water partition coefficient (Wildman–Crippen LogP) is 5.45. The molecule has 2 N–H and O–H groups in total. The molecule has 0 saturated carbocycles. The third kappa shape index (κ3) is 5.39. The van der Waals surface area contributed by atoms with E-state index in [1.165, 1.54) is 13.3 Å². The van der Waals surface area contributed by atoms with Crippen molar-refractivity contribution in [2.24, 2.45) is 0 Å².